The number of benzene rings is 1. The summed E-state index contributed by atoms with van der Waals surface area (Å²) >= 11 is 1.45. The van der Waals surface area contributed by atoms with Gasteiger partial charge in [0.1, 0.15) is 17.8 Å². The normalized spacial score (nSPS) is 19.3. The highest BCUT2D eigenvalue weighted by Crippen LogP contribution is 2.33. The van der Waals surface area contributed by atoms with Crippen LogP contribution in [0.5, 0.6) is 0 Å². The van der Waals surface area contributed by atoms with Crippen LogP contribution in [-0.4, -0.2) is 61.2 Å². The van der Waals surface area contributed by atoms with Gasteiger partial charge in [0, 0.05) is 34.8 Å². The molecule has 4 N–H and O–H groups in total. The minimum absolute atomic E-state index is 0.208. The standard InChI is InChI=1S/C30H40N4O4S/c1-18(2)12-26(35)28(36)24(13-19-8-4-3-5-9-19)33-29(37)25(14-20-16-39-17-31-20)34-15-22-21-10-6-7-11-23(21)32-27(22)30(34)38/h6-7,10-11,16-19,24-26,28,32,35-36H,3-5,8-9,12-15H2,1-2H3,(H,33,37)/t24-,25?,26-,28-/m0/s1. The number of nitrogens with one attached hydrogen (secondary N) is 2. The first kappa shape index (κ1) is 27.8. The summed E-state index contributed by atoms with van der Waals surface area (Å²) < 4.78 is 0. The molecule has 1 aromatic carbocycles. The van der Waals surface area contributed by atoms with E-state index in [-0.39, 0.29) is 24.2 Å². The lowest BCUT2D eigenvalue weighted by Crippen LogP contribution is -2.56. The Kier molecular flexibility index (Phi) is 8.69. The summed E-state index contributed by atoms with van der Waals surface area (Å²) in [5.41, 5.74) is 4.81. The van der Waals surface area contributed by atoms with Crippen molar-refractivity contribution in [3.05, 3.63) is 52.1 Å². The second-order valence-electron chi connectivity index (χ2n) is 11.7. The van der Waals surface area contributed by atoms with Crippen molar-refractivity contribution in [2.45, 2.75) is 96.1 Å². The zero-order chi connectivity index (χ0) is 27.5. The number of nitrogens with zero attached hydrogens (tertiary/aromatic N) is 2. The number of aromatic amines is 1. The molecular weight excluding hydrogens is 512 g/mol. The first-order valence-electron chi connectivity index (χ1n) is 14.3. The van der Waals surface area contributed by atoms with Gasteiger partial charge in [-0.1, -0.05) is 64.2 Å². The van der Waals surface area contributed by atoms with Gasteiger partial charge in [-0.05, 0) is 30.7 Å². The van der Waals surface area contributed by atoms with Crippen LogP contribution in [0.2, 0.25) is 0 Å². The summed E-state index contributed by atoms with van der Waals surface area (Å²) in [5, 5.41) is 28.0. The van der Waals surface area contributed by atoms with Gasteiger partial charge in [-0.3, -0.25) is 9.59 Å². The van der Waals surface area contributed by atoms with Crippen LogP contribution in [0.4, 0.5) is 0 Å². The lowest BCUT2D eigenvalue weighted by atomic mass is 9.82. The summed E-state index contributed by atoms with van der Waals surface area (Å²) in [4.78, 5) is 36.9. The van der Waals surface area contributed by atoms with Gasteiger partial charge < -0.3 is 25.4 Å². The average Bonchev–Trinajstić information content (AvgIpc) is 3.64. The Morgan fingerprint density at radius 3 is 2.69 bits per heavy atom. The fourth-order valence-corrected chi connectivity index (χ4v) is 6.87. The molecule has 0 bridgehead atoms. The number of amides is 2. The Balaban J connectivity index is 1.39. The third kappa shape index (κ3) is 6.21. The molecule has 5 rings (SSSR count). The van der Waals surface area contributed by atoms with E-state index in [1.807, 2.05) is 43.5 Å². The number of H-pyrrole nitrogens is 1. The predicted molar refractivity (Wildman–Crippen MR) is 152 cm³/mol. The minimum atomic E-state index is -1.08. The Labute approximate surface area is 233 Å². The molecule has 0 saturated heterocycles. The summed E-state index contributed by atoms with van der Waals surface area (Å²) in [6.45, 7) is 4.34. The van der Waals surface area contributed by atoms with Gasteiger partial charge in [-0.2, -0.15) is 0 Å². The zero-order valence-corrected chi connectivity index (χ0v) is 23.6. The summed E-state index contributed by atoms with van der Waals surface area (Å²) in [5.74, 6) is 0.0777. The van der Waals surface area contributed by atoms with Crippen molar-refractivity contribution >= 4 is 34.1 Å². The highest BCUT2D eigenvalue weighted by Gasteiger charge is 2.40. The van der Waals surface area contributed by atoms with Crippen LogP contribution >= 0.6 is 11.3 Å². The van der Waals surface area contributed by atoms with Gasteiger partial charge >= 0.3 is 0 Å². The SMILES string of the molecule is CC(C)C[C@H](O)[C@@H](O)[C@H](CC1CCCCC1)NC(=O)C(Cc1cscn1)N1Cc2c([nH]c3ccccc23)C1=O. The van der Waals surface area contributed by atoms with E-state index in [1.165, 1.54) is 17.8 Å². The minimum Gasteiger partial charge on any atom is -0.390 e. The van der Waals surface area contributed by atoms with Crippen LogP contribution < -0.4 is 5.32 Å². The molecule has 2 aliphatic rings. The molecule has 2 aromatic heterocycles. The van der Waals surface area contributed by atoms with E-state index in [9.17, 15) is 19.8 Å². The molecule has 2 amide bonds. The number of aromatic nitrogens is 2. The van der Waals surface area contributed by atoms with Crippen molar-refractivity contribution in [2.75, 3.05) is 0 Å². The van der Waals surface area contributed by atoms with Crippen LogP contribution in [0, 0.1) is 11.8 Å². The first-order chi connectivity index (χ1) is 18.8. The molecule has 1 saturated carbocycles. The molecule has 0 radical (unpaired) electrons. The topological polar surface area (TPSA) is 119 Å². The summed E-state index contributed by atoms with van der Waals surface area (Å²) in [6, 6.07) is 6.43. The van der Waals surface area contributed by atoms with Crippen molar-refractivity contribution in [3.8, 4) is 0 Å². The van der Waals surface area contributed by atoms with Crippen molar-refractivity contribution < 1.29 is 19.8 Å². The Morgan fingerprint density at radius 1 is 1.21 bits per heavy atom. The van der Waals surface area contributed by atoms with E-state index in [0.29, 0.717) is 31.0 Å². The Morgan fingerprint density at radius 2 is 1.97 bits per heavy atom. The molecular formula is C30H40N4O4S. The molecule has 4 atom stereocenters. The van der Waals surface area contributed by atoms with E-state index in [1.54, 1.807) is 10.4 Å². The highest BCUT2D eigenvalue weighted by atomic mass is 32.1. The number of carbonyl (C=O) groups is 2. The number of hydrogen-bond acceptors (Lipinski definition) is 6. The van der Waals surface area contributed by atoms with E-state index < -0.39 is 24.3 Å². The maximum absolute atomic E-state index is 14.0. The molecule has 9 heteroatoms. The molecule has 210 valence electrons. The van der Waals surface area contributed by atoms with E-state index in [0.717, 1.165) is 47.8 Å². The highest BCUT2D eigenvalue weighted by molar-refractivity contribution is 7.07. The smallest absolute Gasteiger partial charge is 0.271 e. The number of hydrogen-bond donors (Lipinski definition) is 4. The molecule has 1 unspecified atom stereocenters. The van der Waals surface area contributed by atoms with Gasteiger partial charge in [0.25, 0.3) is 5.91 Å². The van der Waals surface area contributed by atoms with Gasteiger partial charge in [0.2, 0.25) is 5.91 Å². The number of carbonyl (C=O) groups excluding carboxylic acids is 2. The zero-order valence-electron chi connectivity index (χ0n) is 22.8. The van der Waals surface area contributed by atoms with Gasteiger partial charge in [0.05, 0.1) is 23.4 Å². The molecule has 1 aliphatic heterocycles. The molecule has 39 heavy (non-hydrogen) atoms. The fraction of sp³-hybridized carbons (Fsp3) is 0.567. The molecule has 1 aliphatic carbocycles. The quantitative estimate of drug-likeness (QED) is 0.281. The lowest BCUT2D eigenvalue weighted by molar-refractivity contribution is -0.128. The fourth-order valence-electron chi connectivity index (χ4n) is 6.30. The van der Waals surface area contributed by atoms with Crippen LogP contribution in [-0.2, 0) is 17.8 Å². The number of rotatable bonds is 11. The third-order valence-electron chi connectivity index (χ3n) is 8.34. The van der Waals surface area contributed by atoms with Gasteiger partial charge in [-0.25, -0.2) is 4.98 Å². The van der Waals surface area contributed by atoms with Crippen molar-refractivity contribution in [3.63, 3.8) is 0 Å². The molecule has 0 spiro atoms. The van der Waals surface area contributed by atoms with Crippen molar-refractivity contribution in [1.29, 1.82) is 0 Å². The Hall–Kier alpha value is -2.75. The first-order valence-corrected chi connectivity index (χ1v) is 15.2. The number of fused-ring (bicyclic) bond motifs is 3. The maximum atomic E-state index is 14.0. The predicted octanol–water partition coefficient (Wildman–Crippen LogP) is 4.41. The van der Waals surface area contributed by atoms with E-state index >= 15 is 0 Å². The third-order valence-corrected chi connectivity index (χ3v) is 8.98. The summed E-state index contributed by atoms with van der Waals surface area (Å²) in [6.07, 6.45) is 4.97. The molecule has 3 aromatic rings. The van der Waals surface area contributed by atoms with Crippen molar-refractivity contribution in [1.82, 2.24) is 20.2 Å². The second-order valence-corrected chi connectivity index (χ2v) is 12.4. The van der Waals surface area contributed by atoms with E-state index in [2.05, 4.69) is 15.3 Å². The maximum Gasteiger partial charge on any atom is 0.271 e. The monoisotopic (exact) mass is 552 g/mol. The largest absolute Gasteiger partial charge is 0.390 e. The molecule has 1 fully saturated rings. The number of thiazole rings is 1. The molecule has 3 heterocycles. The van der Waals surface area contributed by atoms with Crippen LogP contribution in [0.25, 0.3) is 10.9 Å². The van der Waals surface area contributed by atoms with Gasteiger partial charge in [0.15, 0.2) is 0 Å². The lowest BCUT2D eigenvalue weighted by Gasteiger charge is -2.35. The number of para-hydroxylation sites is 1. The number of aliphatic hydroxyl groups is 2. The van der Waals surface area contributed by atoms with Crippen LogP contribution in [0.3, 0.4) is 0 Å². The Bertz CT molecular complexity index is 1270. The average molecular weight is 553 g/mol. The van der Waals surface area contributed by atoms with Crippen molar-refractivity contribution in [2.24, 2.45) is 11.8 Å². The van der Waals surface area contributed by atoms with Crippen LogP contribution in [0.1, 0.15) is 80.5 Å². The number of aliphatic hydroxyl groups excluding tert-OH is 2. The van der Waals surface area contributed by atoms with Gasteiger partial charge in [-0.15, -0.1) is 11.3 Å². The second kappa shape index (κ2) is 12.2. The molecule has 8 nitrogen and oxygen atoms in total. The summed E-state index contributed by atoms with van der Waals surface area (Å²) in [7, 11) is 0. The van der Waals surface area contributed by atoms with E-state index in [4.69, 9.17) is 0 Å². The van der Waals surface area contributed by atoms with Crippen LogP contribution in [0.15, 0.2) is 35.2 Å².